The minimum absolute atomic E-state index is 0.585. The highest BCUT2D eigenvalue weighted by molar-refractivity contribution is 7.99. The lowest BCUT2D eigenvalue weighted by molar-refractivity contribution is 0.440. The number of nitrogens with one attached hydrogen (secondary N) is 1. The van der Waals surface area contributed by atoms with Gasteiger partial charge in [-0.3, -0.25) is 0 Å². The van der Waals surface area contributed by atoms with Crippen molar-refractivity contribution >= 4 is 11.8 Å². The van der Waals surface area contributed by atoms with Crippen LogP contribution in [0.3, 0.4) is 0 Å². The molecule has 88 valence electrons. The summed E-state index contributed by atoms with van der Waals surface area (Å²) < 4.78 is 2.12. The Morgan fingerprint density at radius 1 is 1.25 bits per heavy atom. The van der Waals surface area contributed by atoms with E-state index in [1.807, 2.05) is 11.8 Å². The summed E-state index contributed by atoms with van der Waals surface area (Å²) in [7, 11) is 0. The van der Waals surface area contributed by atoms with Crippen molar-refractivity contribution in [3.63, 3.8) is 0 Å². The Bertz CT molecular complexity index is 333. The third-order valence-corrected chi connectivity index (χ3v) is 4.41. The number of aryl methyl sites for hydroxylation is 1. The second-order valence-electron chi connectivity index (χ2n) is 4.56. The molecule has 1 saturated heterocycles. The SMILES string of the molecule is C1CCn2nc(C3CCNCC3)nc2SC1. The topological polar surface area (TPSA) is 42.7 Å². The Hall–Kier alpha value is -0.550. The third kappa shape index (κ3) is 2.11. The van der Waals surface area contributed by atoms with Crippen LogP contribution in [0, 0.1) is 0 Å². The Labute approximate surface area is 100 Å². The second-order valence-corrected chi connectivity index (χ2v) is 5.62. The molecule has 0 unspecified atom stereocenters. The van der Waals surface area contributed by atoms with Crippen molar-refractivity contribution in [2.75, 3.05) is 18.8 Å². The Balaban J connectivity index is 1.80. The normalized spacial score (nSPS) is 22.8. The van der Waals surface area contributed by atoms with E-state index in [0.717, 1.165) is 30.6 Å². The summed E-state index contributed by atoms with van der Waals surface area (Å²) in [6.07, 6.45) is 4.91. The monoisotopic (exact) mass is 238 g/mol. The molecule has 0 aliphatic carbocycles. The first-order valence-corrected chi connectivity index (χ1v) is 7.20. The summed E-state index contributed by atoms with van der Waals surface area (Å²) in [6, 6.07) is 0. The predicted molar refractivity (Wildman–Crippen MR) is 64.8 cm³/mol. The highest BCUT2D eigenvalue weighted by atomic mass is 32.2. The maximum Gasteiger partial charge on any atom is 0.186 e. The lowest BCUT2D eigenvalue weighted by Crippen LogP contribution is -2.27. The van der Waals surface area contributed by atoms with E-state index < -0.39 is 0 Å². The number of hydrogen-bond acceptors (Lipinski definition) is 4. The van der Waals surface area contributed by atoms with Gasteiger partial charge >= 0.3 is 0 Å². The lowest BCUT2D eigenvalue weighted by atomic mass is 9.98. The van der Waals surface area contributed by atoms with E-state index in [0.29, 0.717) is 5.92 Å². The van der Waals surface area contributed by atoms with Crippen LogP contribution in [0.4, 0.5) is 0 Å². The molecule has 0 radical (unpaired) electrons. The summed E-state index contributed by atoms with van der Waals surface area (Å²) in [5.74, 6) is 2.87. The minimum atomic E-state index is 0.585. The molecule has 3 rings (SSSR count). The van der Waals surface area contributed by atoms with Crippen LogP contribution < -0.4 is 5.32 Å². The van der Waals surface area contributed by atoms with Crippen LogP contribution in [0.2, 0.25) is 0 Å². The Kier molecular flexibility index (Phi) is 3.15. The highest BCUT2D eigenvalue weighted by Gasteiger charge is 2.22. The number of thioether (sulfide) groups is 1. The molecule has 0 saturated carbocycles. The van der Waals surface area contributed by atoms with Gasteiger partial charge in [0.15, 0.2) is 11.0 Å². The summed E-state index contributed by atoms with van der Waals surface area (Å²) in [4.78, 5) is 4.72. The maximum atomic E-state index is 4.72. The van der Waals surface area contributed by atoms with E-state index in [1.165, 1.54) is 31.4 Å². The van der Waals surface area contributed by atoms with Crippen LogP contribution in [0.25, 0.3) is 0 Å². The summed E-state index contributed by atoms with van der Waals surface area (Å²) in [6.45, 7) is 3.28. The van der Waals surface area contributed by atoms with E-state index in [9.17, 15) is 0 Å². The molecule has 1 N–H and O–H groups in total. The first kappa shape index (κ1) is 10.6. The van der Waals surface area contributed by atoms with Crippen molar-refractivity contribution < 1.29 is 0 Å². The molecule has 2 aliphatic heterocycles. The zero-order valence-electron chi connectivity index (χ0n) is 9.48. The molecule has 2 aliphatic rings. The van der Waals surface area contributed by atoms with E-state index in [4.69, 9.17) is 10.1 Å². The van der Waals surface area contributed by atoms with Gasteiger partial charge in [0.05, 0.1) is 0 Å². The number of rotatable bonds is 1. The molecule has 3 heterocycles. The molecule has 0 aromatic carbocycles. The van der Waals surface area contributed by atoms with Gasteiger partial charge in [-0.1, -0.05) is 11.8 Å². The molecule has 4 nitrogen and oxygen atoms in total. The van der Waals surface area contributed by atoms with Gasteiger partial charge in [-0.2, -0.15) is 5.10 Å². The van der Waals surface area contributed by atoms with E-state index in [1.54, 1.807) is 0 Å². The van der Waals surface area contributed by atoms with Crippen LogP contribution >= 0.6 is 11.8 Å². The molecule has 5 heteroatoms. The summed E-state index contributed by atoms with van der Waals surface area (Å²) in [5.41, 5.74) is 0. The number of piperidine rings is 1. The molecular weight excluding hydrogens is 220 g/mol. The second kappa shape index (κ2) is 4.75. The molecule has 0 amide bonds. The largest absolute Gasteiger partial charge is 0.317 e. The van der Waals surface area contributed by atoms with E-state index in [-0.39, 0.29) is 0 Å². The van der Waals surface area contributed by atoms with Gasteiger partial charge in [-0.15, -0.1) is 0 Å². The van der Waals surface area contributed by atoms with Gasteiger partial charge in [0.1, 0.15) is 0 Å². The Morgan fingerprint density at radius 2 is 2.12 bits per heavy atom. The Morgan fingerprint density at radius 3 is 3.00 bits per heavy atom. The number of hydrogen-bond donors (Lipinski definition) is 1. The van der Waals surface area contributed by atoms with Crippen LogP contribution in [0.15, 0.2) is 5.16 Å². The maximum absolute atomic E-state index is 4.72. The van der Waals surface area contributed by atoms with Crippen molar-refractivity contribution in [2.24, 2.45) is 0 Å². The fraction of sp³-hybridized carbons (Fsp3) is 0.818. The van der Waals surface area contributed by atoms with Gasteiger partial charge in [0, 0.05) is 18.2 Å². The highest BCUT2D eigenvalue weighted by Crippen LogP contribution is 2.27. The summed E-state index contributed by atoms with van der Waals surface area (Å²) >= 11 is 1.87. The van der Waals surface area contributed by atoms with Gasteiger partial charge < -0.3 is 5.32 Å². The van der Waals surface area contributed by atoms with Crippen molar-refractivity contribution in [2.45, 2.75) is 43.3 Å². The number of fused-ring (bicyclic) bond motifs is 1. The van der Waals surface area contributed by atoms with Crippen LogP contribution in [0.5, 0.6) is 0 Å². The zero-order chi connectivity index (χ0) is 10.8. The zero-order valence-corrected chi connectivity index (χ0v) is 10.3. The average molecular weight is 238 g/mol. The molecule has 0 atom stereocenters. The van der Waals surface area contributed by atoms with Crippen molar-refractivity contribution in [1.29, 1.82) is 0 Å². The molecule has 0 spiro atoms. The van der Waals surface area contributed by atoms with Crippen LogP contribution in [-0.2, 0) is 6.54 Å². The smallest absolute Gasteiger partial charge is 0.186 e. The number of nitrogens with zero attached hydrogens (tertiary/aromatic N) is 3. The molecule has 1 aromatic rings. The fourth-order valence-electron chi connectivity index (χ4n) is 2.38. The fourth-order valence-corrected chi connectivity index (χ4v) is 3.35. The summed E-state index contributed by atoms with van der Waals surface area (Å²) in [5, 5.41) is 9.22. The van der Waals surface area contributed by atoms with E-state index in [2.05, 4.69) is 10.00 Å². The van der Waals surface area contributed by atoms with Crippen LogP contribution in [0.1, 0.15) is 37.4 Å². The molecule has 16 heavy (non-hydrogen) atoms. The predicted octanol–water partition coefficient (Wildman–Crippen LogP) is 1.63. The quantitative estimate of drug-likeness (QED) is 0.807. The molecule has 1 aromatic heterocycles. The molecule has 1 fully saturated rings. The van der Waals surface area contributed by atoms with Crippen molar-refractivity contribution in [3.05, 3.63) is 5.82 Å². The third-order valence-electron chi connectivity index (χ3n) is 3.35. The first-order chi connectivity index (χ1) is 7.93. The van der Waals surface area contributed by atoms with Crippen LogP contribution in [-0.4, -0.2) is 33.6 Å². The first-order valence-electron chi connectivity index (χ1n) is 6.22. The minimum Gasteiger partial charge on any atom is -0.317 e. The van der Waals surface area contributed by atoms with E-state index >= 15 is 0 Å². The van der Waals surface area contributed by atoms with Gasteiger partial charge in [0.2, 0.25) is 0 Å². The standard InChI is InChI=1S/C11H18N4S/c1-2-8-16-11-13-10(14-15(11)7-1)9-3-5-12-6-4-9/h9,12H,1-8H2. The lowest BCUT2D eigenvalue weighted by Gasteiger charge is -2.19. The van der Waals surface area contributed by atoms with Crippen molar-refractivity contribution in [3.8, 4) is 0 Å². The molecule has 0 bridgehead atoms. The number of aromatic nitrogens is 3. The van der Waals surface area contributed by atoms with Gasteiger partial charge in [-0.25, -0.2) is 9.67 Å². The van der Waals surface area contributed by atoms with Gasteiger partial charge in [0.25, 0.3) is 0 Å². The molecular formula is C11H18N4S. The van der Waals surface area contributed by atoms with Gasteiger partial charge in [-0.05, 0) is 38.8 Å². The van der Waals surface area contributed by atoms with Crippen molar-refractivity contribution in [1.82, 2.24) is 20.1 Å². The average Bonchev–Trinajstić information content (AvgIpc) is 2.62.